The van der Waals surface area contributed by atoms with E-state index in [2.05, 4.69) is 23.4 Å². The molecule has 3 N–H and O–H groups in total. The lowest BCUT2D eigenvalue weighted by molar-refractivity contribution is 0.182. The van der Waals surface area contributed by atoms with Gasteiger partial charge in [0.15, 0.2) is 0 Å². The van der Waals surface area contributed by atoms with Gasteiger partial charge in [-0.25, -0.2) is 4.98 Å². The molecule has 0 radical (unpaired) electrons. The minimum absolute atomic E-state index is 0.272. The summed E-state index contributed by atoms with van der Waals surface area (Å²) in [5, 5.41) is 9.77. The van der Waals surface area contributed by atoms with Crippen LogP contribution in [0.15, 0.2) is 18.2 Å². The number of hydrogen-bond donors (Lipinski definition) is 2. The molecule has 0 spiro atoms. The molecule has 0 aliphatic carbocycles. The van der Waals surface area contributed by atoms with Crippen molar-refractivity contribution in [3.63, 3.8) is 0 Å². The van der Waals surface area contributed by atoms with Crippen LogP contribution < -0.4 is 5.73 Å². The summed E-state index contributed by atoms with van der Waals surface area (Å²) in [5.41, 5.74) is 8.63. The molecular weight excluding hydrogens is 214 g/mol. The Morgan fingerprint density at radius 2 is 2.06 bits per heavy atom. The summed E-state index contributed by atoms with van der Waals surface area (Å²) in [6.07, 6.45) is -0.564. The molecule has 1 atom stereocenters. The second kappa shape index (κ2) is 4.47. The average molecular weight is 233 g/mol. The number of hydrogen-bond acceptors (Lipinski definition) is 3. The lowest BCUT2D eigenvalue weighted by atomic mass is 10.2. The minimum atomic E-state index is -0.564. The minimum Gasteiger partial charge on any atom is -0.385 e. The van der Waals surface area contributed by atoms with Crippen molar-refractivity contribution in [1.82, 2.24) is 9.55 Å². The molecule has 1 heterocycles. The number of nitrogens with two attached hydrogens (primary N) is 1. The number of aromatic nitrogens is 2. The molecule has 4 nitrogen and oxygen atoms in total. The highest BCUT2D eigenvalue weighted by molar-refractivity contribution is 5.77. The van der Waals surface area contributed by atoms with Crippen LogP contribution in [0.5, 0.6) is 0 Å². The maximum atomic E-state index is 9.77. The molecule has 1 aromatic carbocycles. The first kappa shape index (κ1) is 12.1. The lowest BCUT2D eigenvalue weighted by Crippen LogP contribution is -2.08. The van der Waals surface area contributed by atoms with E-state index in [9.17, 15) is 5.11 Å². The van der Waals surface area contributed by atoms with Gasteiger partial charge in [0.1, 0.15) is 11.9 Å². The molecule has 0 aliphatic heterocycles. The van der Waals surface area contributed by atoms with Gasteiger partial charge >= 0.3 is 0 Å². The van der Waals surface area contributed by atoms with Crippen molar-refractivity contribution in [2.45, 2.75) is 39.5 Å². The fraction of sp³-hybridized carbons (Fsp3) is 0.462. The Bertz CT molecular complexity index is 529. The first-order valence-electron chi connectivity index (χ1n) is 5.93. The van der Waals surface area contributed by atoms with Crippen LogP contribution in [0.2, 0.25) is 0 Å². The summed E-state index contributed by atoms with van der Waals surface area (Å²) in [6, 6.07) is 6.29. The van der Waals surface area contributed by atoms with Gasteiger partial charge in [0.2, 0.25) is 0 Å². The van der Waals surface area contributed by atoms with Crippen LogP contribution in [-0.4, -0.2) is 14.7 Å². The largest absolute Gasteiger partial charge is 0.385 e. The molecule has 2 rings (SSSR count). The second-order valence-corrected chi connectivity index (χ2v) is 4.64. The Morgan fingerprint density at radius 1 is 1.35 bits per heavy atom. The molecule has 4 heteroatoms. The van der Waals surface area contributed by atoms with Crippen molar-refractivity contribution in [2.75, 3.05) is 0 Å². The highest BCUT2D eigenvalue weighted by Gasteiger charge is 2.16. The molecule has 1 aromatic heterocycles. The van der Waals surface area contributed by atoms with E-state index in [0.29, 0.717) is 12.4 Å². The van der Waals surface area contributed by atoms with Crippen LogP contribution in [0.1, 0.15) is 44.3 Å². The summed E-state index contributed by atoms with van der Waals surface area (Å²) in [6.45, 7) is 6.42. The van der Waals surface area contributed by atoms with Gasteiger partial charge in [0, 0.05) is 12.6 Å². The molecule has 0 saturated carbocycles. The number of rotatable bonds is 3. The van der Waals surface area contributed by atoms with E-state index in [4.69, 9.17) is 5.73 Å². The van der Waals surface area contributed by atoms with Crippen LogP contribution in [0.4, 0.5) is 0 Å². The summed E-state index contributed by atoms with van der Waals surface area (Å²) < 4.78 is 2.07. The molecule has 0 fully saturated rings. The number of imidazole rings is 1. The summed E-state index contributed by atoms with van der Waals surface area (Å²) in [7, 11) is 0. The van der Waals surface area contributed by atoms with Crippen molar-refractivity contribution < 1.29 is 5.11 Å². The molecule has 2 aromatic rings. The van der Waals surface area contributed by atoms with E-state index < -0.39 is 6.10 Å². The molecule has 0 saturated heterocycles. The predicted molar refractivity (Wildman–Crippen MR) is 68.6 cm³/mol. The van der Waals surface area contributed by atoms with E-state index in [1.54, 1.807) is 6.92 Å². The average Bonchev–Trinajstić information content (AvgIpc) is 2.66. The number of aliphatic hydroxyl groups is 1. The Hall–Kier alpha value is -1.39. The van der Waals surface area contributed by atoms with Gasteiger partial charge in [0.05, 0.1) is 11.0 Å². The first-order valence-corrected chi connectivity index (χ1v) is 5.93. The van der Waals surface area contributed by atoms with Gasteiger partial charge in [-0.05, 0) is 38.5 Å². The van der Waals surface area contributed by atoms with Gasteiger partial charge in [0.25, 0.3) is 0 Å². The number of nitrogens with zero attached hydrogens (tertiary/aromatic N) is 2. The topological polar surface area (TPSA) is 64.1 Å². The van der Waals surface area contributed by atoms with Crippen LogP contribution in [0.25, 0.3) is 11.0 Å². The summed E-state index contributed by atoms with van der Waals surface area (Å²) in [5.74, 6) is 0.712. The Balaban J connectivity index is 2.70. The van der Waals surface area contributed by atoms with Gasteiger partial charge in [-0.15, -0.1) is 0 Å². The summed E-state index contributed by atoms with van der Waals surface area (Å²) in [4.78, 5) is 4.50. The number of benzene rings is 1. The van der Waals surface area contributed by atoms with Crippen LogP contribution in [0, 0.1) is 0 Å². The standard InChI is InChI=1S/C13H19N3O/c1-8(2)16-12-5-4-10(7-14)6-11(12)15-13(16)9(3)17/h4-6,8-9,17H,7,14H2,1-3H3. The van der Waals surface area contributed by atoms with Gasteiger partial charge < -0.3 is 15.4 Å². The smallest absolute Gasteiger partial charge is 0.138 e. The van der Waals surface area contributed by atoms with Crippen LogP contribution >= 0.6 is 0 Å². The normalized spacial score (nSPS) is 13.5. The third kappa shape index (κ3) is 2.06. The maximum Gasteiger partial charge on any atom is 0.138 e. The van der Waals surface area contributed by atoms with Crippen molar-refractivity contribution in [2.24, 2.45) is 5.73 Å². The maximum absolute atomic E-state index is 9.77. The molecule has 0 amide bonds. The number of fused-ring (bicyclic) bond motifs is 1. The Kier molecular flexibility index (Phi) is 3.17. The van der Waals surface area contributed by atoms with E-state index >= 15 is 0 Å². The zero-order chi connectivity index (χ0) is 12.6. The Labute approximate surface area is 101 Å². The molecule has 0 bridgehead atoms. The SMILES string of the molecule is CC(O)c1nc2cc(CN)ccc2n1C(C)C. The van der Waals surface area contributed by atoms with Crippen molar-refractivity contribution in [1.29, 1.82) is 0 Å². The molecule has 92 valence electrons. The zero-order valence-corrected chi connectivity index (χ0v) is 10.5. The van der Waals surface area contributed by atoms with E-state index in [-0.39, 0.29) is 6.04 Å². The van der Waals surface area contributed by atoms with Gasteiger partial charge in [-0.2, -0.15) is 0 Å². The van der Waals surface area contributed by atoms with Gasteiger partial charge in [-0.3, -0.25) is 0 Å². The fourth-order valence-corrected chi connectivity index (χ4v) is 2.13. The van der Waals surface area contributed by atoms with Crippen LogP contribution in [0.3, 0.4) is 0 Å². The molecular formula is C13H19N3O. The highest BCUT2D eigenvalue weighted by Crippen LogP contribution is 2.25. The van der Waals surface area contributed by atoms with E-state index in [0.717, 1.165) is 16.6 Å². The second-order valence-electron chi connectivity index (χ2n) is 4.64. The first-order chi connectivity index (χ1) is 8.04. The molecule has 1 unspecified atom stereocenters. The zero-order valence-electron chi connectivity index (χ0n) is 10.5. The van der Waals surface area contributed by atoms with Crippen molar-refractivity contribution in [3.8, 4) is 0 Å². The number of aliphatic hydroxyl groups excluding tert-OH is 1. The van der Waals surface area contributed by atoms with E-state index in [1.165, 1.54) is 0 Å². The Morgan fingerprint density at radius 3 is 2.59 bits per heavy atom. The monoisotopic (exact) mass is 233 g/mol. The van der Waals surface area contributed by atoms with Crippen molar-refractivity contribution >= 4 is 11.0 Å². The molecule has 0 aliphatic rings. The molecule has 17 heavy (non-hydrogen) atoms. The van der Waals surface area contributed by atoms with Gasteiger partial charge in [-0.1, -0.05) is 6.07 Å². The quantitative estimate of drug-likeness (QED) is 0.853. The van der Waals surface area contributed by atoms with E-state index in [1.807, 2.05) is 18.2 Å². The third-order valence-electron chi connectivity index (χ3n) is 2.91. The van der Waals surface area contributed by atoms with Crippen LogP contribution in [-0.2, 0) is 6.54 Å². The lowest BCUT2D eigenvalue weighted by Gasteiger charge is -2.14. The third-order valence-corrected chi connectivity index (χ3v) is 2.91. The fourth-order valence-electron chi connectivity index (χ4n) is 2.13. The summed E-state index contributed by atoms with van der Waals surface area (Å²) >= 11 is 0. The van der Waals surface area contributed by atoms with Crippen molar-refractivity contribution in [3.05, 3.63) is 29.6 Å². The highest BCUT2D eigenvalue weighted by atomic mass is 16.3. The predicted octanol–water partition coefficient (Wildman–Crippen LogP) is 2.13.